The summed E-state index contributed by atoms with van der Waals surface area (Å²) in [5.74, 6) is 0. The van der Waals surface area contributed by atoms with Gasteiger partial charge < -0.3 is 5.11 Å². The summed E-state index contributed by atoms with van der Waals surface area (Å²) in [4.78, 5) is 0. The van der Waals surface area contributed by atoms with Crippen LogP contribution in [-0.2, 0) is 6.61 Å². The predicted molar refractivity (Wildman–Crippen MR) is 54.8 cm³/mol. The lowest BCUT2D eigenvalue weighted by atomic mass is 10.1. The van der Waals surface area contributed by atoms with Gasteiger partial charge in [0.25, 0.3) is 0 Å². The smallest absolute Gasteiger partial charge is 0.0706 e. The quantitative estimate of drug-likeness (QED) is 0.785. The summed E-state index contributed by atoms with van der Waals surface area (Å²) in [5, 5.41) is 9.58. The summed E-state index contributed by atoms with van der Waals surface area (Å²) in [6.45, 7) is 2.01. The molecule has 1 aromatic carbocycles. The van der Waals surface area contributed by atoms with Crippen molar-refractivity contribution in [2.45, 2.75) is 13.5 Å². The van der Waals surface area contributed by atoms with Gasteiger partial charge in [0.15, 0.2) is 0 Å². The summed E-state index contributed by atoms with van der Waals surface area (Å²) < 4.78 is 1.05. The van der Waals surface area contributed by atoms with Gasteiger partial charge in [-0.2, -0.15) is 0 Å². The SMILES string of the molecule is Cc1ccc(Cl)c(CO)c1I. The molecule has 0 amide bonds. The van der Waals surface area contributed by atoms with E-state index in [2.05, 4.69) is 22.6 Å². The van der Waals surface area contributed by atoms with E-state index in [1.165, 1.54) is 0 Å². The number of hydrogen-bond donors (Lipinski definition) is 1. The van der Waals surface area contributed by atoms with E-state index in [4.69, 9.17) is 16.7 Å². The zero-order valence-corrected chi connectivity index (χ0v) is 8.98. The van der Waals surface area contributed by atoms with Gasteiger partial charge in [-0.1, -0.05) is 17.7 Å². The first-order chi connectivity index (χ1) is 5.16. The van der Waals surface area contributed by atoms with Crippen LogP contribution in [0.2, 0.25) is 5.02 Å². The standard InChI is InChI=1S/C8H8ClIO/c1-5-2-3-7(9)6(4-11)8(5)10/h2-3,11H,4H2,1H3. The molecule has 0 aliphatic rings. The van der Waals surface area contributed by atoms with E-state index in [9.17, 15) is 0 Å². The van der Waals surface area contributed by atoms with Crippen molar-refractivity contribution >= 4 is 34.2 Å². The average Bonchev–Trinajstić information content (AvgIpc) is 1.99. The molecule has 1 rings (SSSR count). The molecule has 0 radical (unpaired) electrons. The molecule has 11 heavy (non-hydrogen) atoms. The second-order valence-corrected chi connectivity index (χ2v) is 3.80. The molecule has 0 aliphatic heterocycles. The normalized spacial score (nSPS) is 10.2. The first-order valence-corrected chi connectivity index (χ1v) is 4.67. The second kappa shape index (κ2) is 3.74. The maximum absolute atomic E-state index is 8.93. The van der Waals surface area contributed by atoms with Gasteiger partial charge >= 0.3 is 0 Å². The lowest BCUT2D eigenvalue weighted by Crippen LogP contribution is -1.92. The number of benzene rings is 1. The van der Waals surface area contributed by atoms with Gasteiger partial charge in [-0.3, -0.25) is 0 Å². The minimum atomic E-state index is 0.0127. The molecule has 0 saturated heterocycles. The van der Waals surface area contributed by atoms with E-state index < -0.39 is 0 Å². The molecule has 0 fully saturated rings. The van der Waals surface area contributed by atoms with E-state index in [1.807, 2.05) is 19.1 Å². The van der Waals surface area contributed by atoms with E-state index in [0.29, 0.717) is 5.02 Å². The summed E-state index contributed by atoms with van der Waals surface area (Å²) in [7, 11) is 0. The maximum atomic E-state index is 8.93. The third kappa shape index (κ3) is 1.86. The van der Waals surface area contributed by atoms with Gasteiger partial charge in [-0.25, -0.2) is 0 Å². The largest absolute Gasteiger partial charge is 0.392 e. The van der Waals surface area contributed by atoms with E-state index in [1.54, 1.807) is 0 Å². The zero-order valence-electron chi connectivity index (χ0n) is 6.06. The second-order valence-electron chi connectivity index (χ2n) is 2.31. The van der Waals surface area contributed by atoms with Gasteiger partial charge in [0.05, 0.1) is 6.61 Å². The maximum Gasteiger partial charge on any atom is 0.0706 e. The van der Waals surface area contributed by atoms with Crippen LogP contribution in [0.5, 0.6) is 0 Å². The van der Waals surface area contributed by atoms with Crippen molar-refractivity contribution < 1.29 is 5.11 Å². The summed E-state index contributed by atoms with van der Waals surface area (Å²) in [6, 6.07) is 3.76. The molecule has 0 saturated carbocycles. The molecule has 0 atom stereocenters. The van der Waals surface area contributed by atoms with Crippen LogP contribution in [0.25, 0.3) is 0 Å². The molecule has 1 nitrogen and oxygen atoms in total. The number of hydrogen-bond acceptors (Lipinski definition) is 1. The Bertz CT molecular complexity index is 273. The van der Waals surface area contributed by atoms with Crippen LogP contribution in [0.1, 0.15) is 11.1 Å². The van der Waals surface area contributed by atoms with E-state index >= 15 is 0 Å². The molecule has 3 heteroatoms. The molecule has 60 valence electrons. The molecule has 0 aromatic heterocycles. The van der Waals surface area contributed by atoms with Gasteiger partial charge in [-0.05, 0) is 41.1 Å². The Morgan fingerprint density at radius 3 is 2.64 bits per heavy atom. The fraction of sp³-hybridized carbons (Fsp3) is 0.250. The Hall–Kier alpha value is 0.200. The first kappa shape index (κ1) is 9.29. The molecule has 0 heterocycles. The van der Waals surface area contributed by atoms with Crippen molar-refractivity contribution in [3.63, 3.8) is 0 Å². The third-order valence-electron chi connectivity index (χ3n) is 1.54. The Labute approximate surface area is 84.5 Å². The molecule has 0 unspecified atom stereocenters. The molecule has 0 aliphatic carbocycles. The lowest BCUT2D eigenvalue weighted by molar-refractivity contribution is 0.281. The van der Waals surface area contributed by atoms with E-state index in [-0.39, 0.29) is 6.61 Å². The number of aliphatic hydroxyl groups excluding tert-OH is 1. The molecular weight excluding hydrogens is 274 g/mol. The monoisotopic (exact) mass is 282 g/mol. The van der Waals surface area contributed by atoms with Gasteiger partial charge in [0.1, 0.15) is 0 Å². The van der Waals surface area contributed by atoms with Gasteiger partial charge in [0.2, 0.25) is 0 Å². The van der Waals surface area contributed by atoms with Crippen molar-refractivity contribution in [1.82, 2.24) is 0 Å². The number of halogens is 2. The Morgan fingerprint density at radius 1 is 1.55 bits per heavy atom. The lowest BCUT2D eigenvalue weighted by Gasteiger charge is -2.05. The van der Waals surface area contributed by atoms with Crippen LogP contribution < -0.4 is 0 Å². The summed E-state index contributed by atoms with van der Waals surface area (Å²) in [5.41, 5.74) is 1.98. The Morgan fingerprint density at radius 2 is 2.18 bits per heavy atom. The molecule has 0 spiro atoms. The van der Waals surface area contributed by atoms with Crippen molar-refractivity contribution in [3.8, 4) is 0 Å². The van der Waals surface area contributed by atoms with Crippen LogP contribution >= 0.6 is 34.2 Å². The molecule has 0 bridgehead atoms. The molecule has 1 aromatic rings. The van der Waals surface area contributed by atoms with Gasteiger partial charge in [-0.15, -0.1) is 0 Å². The highest BCUT2D eigenvalue weighted by atomic mass is 127. The Balaban J connectivity index is 3.29. The highest BCUT2D eigenvalue weighted by molar-refractivity contribution is 14.1. The van der Waals surface area contributed by atoms with Crippen LogP contribution in [0, 0.1) is 10.5 Å². The zero-order chi connectivity index (χ0) is 8.43. The van der Waals surface area contributed by atoms with Crippen molar-refractivity contribution in [2.24, 2.45) is 0 Å². The topological polar surface area (TPSA) is 20.2 Å². The van der Waals surface area contributed by atoms with E-state index in [0.717, 1.165) is 14.7 Å². The number of aryl methyl sites for hydroxylation is 1. The van der Waals surface area contributed by atoms with Gasteiger partial charge in [0, 0.05) is 14.2 Å². The number of rotatable bonds is 1. The number of aliphatic hydroxyl groups is 1. The average molecular weight is 283 g/mol. The van der Waals surface area contributed by atoms with Crippen molar-refractivity contribution in [3.05, 3.63) is 31.9 Å². The minimum absolute atomic E-state index is 0.0127. The van der Waals surface area contributed by atoms with Crippen LogP contribution in [0.15, 0.2) is 12.1 Å². The van der Waals surface area contributed by atoms with Crippen LogP contribution in [-0.4, -0.2) is 5.11 Å². The van der Waals surface area contributed by atoms with Crippen LogP contribution in [0.3, 0.4) is 0 Å². The molecular formula is C8H8ClIO. The highest BCUT2D eigenvalue weighted by Gasteiger charge is 2.05. The third-order valence-corrected chi connectivity index (χ3v) is 3.39. The highest BCUT2D eigenvalue weighted by Crippen LogP contribution is 2.24. The predicted octanol–water partition coefficient (Wildman–Crippen LogP) is 2.75. The first-order valence-electron chi connectivity index (χ1n) is 3.21. The summed E-state index contributed by atoms with van der Waals surface area (Å²) >= 11 is 8.02. The van der Waals surface area contributed by atoms with Crippen LogP contribution in [0.4, 0.5) is 0 Å². The Kier molecular flexibility index (Phi) is 3.16. The van der Waals surface area contributed by atoms with Crippen molar-refractivity contribution in [2.75, 3.05) is 0 Å². The fourth-order valence-electron chi connectivity index (χ4n) is 0.860. The fourth-order valence-corrected chi connectivity index (χ4v) is 1.88. The minimum Gasteiger partial charge on any atom is -0.392 e. The molecule has 1 N–H and O–H groups in total. The summed E-state index contributed by atoms with van der Waals surface area (Å²) in [6.07, 6.45) is 0. The van der Waals surface area contributed by atoms with Crippen molar-refractivity contribution in [1.29, 1.82) is 0 Å².